The molecule has 1 atom stereocenters. The van der Waals surface area contributed by atoms with Gasteiger partial charge in [-0.05, 0) is 38.6 Å². The largest absolute Gasteiger partial charge is 0.327 e. The van der Waals surface area contributed by atoms with Crippen LogP contribution in [0.2, 0.25) is 0 Å². The molecule has 0 radical (unpaired) electrons. The second kappa shape index (κ2) is 4.97. The summed E-state index contributed by atoms with van der Waals surface area (Å²) in [6.07, 6.45) is 4.10. The average Bonchev–Trinajstić information content (AvgIpc) is 2.78. The molecule has 1 rings (SSSR count). The molecule has 1 aliphatic rings. The molecular formula is C11H24N2. The van der Waals surface area contributed by atoms with Crippen molar-refractivity contribution in [2.75, 3.05) is 13.1 Å². The van der Waals surface area contributed by atoms with E-state index < -0.39 is 0 Å². The first-order chi connectivity index (χ1) is 6.09. The van der Waals surface area contributed by atoms with Gasteiger partial charge in [-0.1, -0.05) is 13.8 Å². The van der Waals surface area contributed by atoms with Crippen molar-refractivity contribution in [3.05, 3.63) is 0 Å². The molecule has 2 nitrogen and oxygen atoms in total. The van der Waals surface area contributed by atoms with Crippen LogP contribution in [0.5, 0.6) is 0 Å². The van der Waals surface area contributed by atoms with Gasteiger partial charge in [0.2, 0.25) is 0 Å². The molecule has 0 aliphatic heterocycles. The predicted molar refractivity (Wildman–Crippen MR) is 57.7 cm³/mol. The summed E-state index contributed by atoms with van der Waals surface area (Å²) in [5.74, 6) is 0.814. The standard InChI is InChI=1S/C11H24N2/c1-9(2)6-7-13(8-10(3)12)11-4-5-11/h9-11H,4-8,12H2,1-3H3/t10-/m1/s1. The quantitative estimate of drug-likeness (QED) is 0.682. The van der Waals surface area contributed by atoms with Crippen LogP contribution in [0.4, 0.5) is 0 Å². The van der Waals surface area contributed by atoms with Gasteiger partial charge < -0.3 is 5.73 Å². The summed E-state index contributed by atoms with van der Waals surface area (Å²) in [7, 11) is 0. The molecule has 13 heavy (non-hydrogen) atoms. The minimum absolute atomic E-state index is 0.327. The molecule has 0 spiro atoms. The minimum atomic E-state index is 0.327. The molecule has 0 unspecified atom stereocenters. The van der Waals surface area contributed by atoms with Gasteiger partial charge in [0.1, 0.15) is 0 Å². The molecular weight excluding hydrogens is 160 g/mol. The molecule has 0 aromatic rings. The lowest BCUT2D eigenvalue weighted by Crippen LogP contribution is -2.38. The van der Waals surface area contributed by atoms with Crippen molar-refractivity contribution >= 4 is 0 Å². The highest BCUT2D eigenvalue weighted by molar-refractivity contribution is 4.85. The minimum Gasteiger partial charge on any atom is -0.327 e. The number of nitrogens with zero attached hydrogens (tertiary/aromatic N) is 1. The van der Waals surface area contributed by atoms with E-state index in [0.29, 0.717) is 6.04 Å². The van der Waals surface area contributed by atoms with Crippen LogP contribution in [0.15, 0.2) is 0 Å². The van der Waals surface area contributed by atoms with E-state index in [1.807, 2.05) is 0 Å². The van der Waals surface area contributed by atoms with Crippen LogP contribution in [0.3, 0.4) is 0 Å². The zero-order chi connectivity index (χ0) is 9.84. The second-order valence-corrected chi connectivity index (χ2v) is 4.89. The van der Waals surface area contributed by atoms with Crippen LogP contribution in [0.25, 0.3) is 0 Å². The van der Waals surface area contributed by atoms with E-state index in [1.165, 1.54) is 25.8 Å². The Kier molecular flexibility index (Phi) is 4.20. The molecule has 0 aromatic carbocycles. The van der Waals surface area contributed by atoms with Crippen LogP contribution in [0.1, 0.15) is 40.0 Å². The maximum Gasteiger partial charge on any atom is 0.0139 e. The summed E-state index contributed by atoms with van der Waals surface area (Å²) in [5.41, 5.74) is 5.82. The fourth-order valence-electron chi connectivity index (χ4n) is 1.66. The Balaban J connectivity index is 2.21. The normalized spacial score (nSPS) is 19.8. The van der Waals surface area contributed by atoms with Gasteiger partial charge in [0.15, 0.2) is 0 Å². The first kappa shape index (κ1) is 11.0. The van der Waals surface area contributed by atoms with Crippen molar-refractivity contribution in [1.82, 2.24) is 4.90 Å². The van der Waals surface area contributed by atoms with Gasteiger partial charge in [0.25, 0.3) is 0 Å². The fourth-order valence-corrected chi connectivity index (χ4v) is 1.66. The Morgan fingerprint density at radius 2 is 1.92 bits per heavy atom. The number of hydrogen-bond donors (Lipinski definition) is 1. The van der Waals surface area contributed by atoms with Crippen molar-refractivity contribution < 1.29 is 0 Å². The van der Waals surface area contributed by atoms with Gasteiger partial charge in [-0.25, -0.2) is 0 Å². The Hall–Kier alpha value is -0.0800. The predicted octanol–water partition coefficient (Wildman–Crippen LogP) is 1.84. The highest BCUT2D eigenvalue weighted by Crippen LogP contribution is 2.27. The van der Waals surface area contributed by atoms with Gasteiger partial charge >= 0.3 is 0 Å². The smallest absolute Gasteiger partial charge is 0.0139 e. The third-order valence-corrected chi connectivity index (χ3v) is 2.58. The third-order valence-electron chi connectivity index (χ3n) is 2.58. The Bertz CT molecular complexity index is 139. The van der Waals surface area contributed by atoms with Gasteiger partial charge in [0, 0.05) is 18.6 Å². The molecule has 0 amide bonds. The van der Waals surface area contributed by atoms with E-state index in [2.05, 4.69) is 25.7 Å². The summed E-state index contributed by atoms with van der Waals surface area (Å²) in [5, 5.41) is 0. The molecule has 0 saturated heterocycles. The molecule has 2 N–H and O–H groups in total. The van der Waals surface area contributed by atoms with Crippen molar-refractivity contribution in [2.45, 2.75) is 52.1 Å². The Labute approximate surface area is 82.5 Å². The lowest BCUT2D eigenvalue weighted by Gasteiger charge is -2.24. The van der Waals surface area contributed by atoms with Crippen LogP contribution in [-0.4, -0.2) is 30.1 Å². The zero-order valence-corrected chi connectivity index (χ0v) is 9.29. The summed E-state index contributed by atoms with van der Waals surface area (Å²) in [6, 6.07) is 1.19. The lowest BCUT2D eigenvalue weighted by atomic mass is 10.1. The summed E-state index contributed by atoms with van der Waals surface area (Å²) in [6.45, 7) is 9.00. The SMILES string of the molecule is CC(C)CCN(C[C@@H](C)N)C1CC1. The maximum atomic E-state index is 5.82. The van der Waals surface area contributed by atoms with Crippen molar-refractivity contribution in [2.24, 2.45) is 11.7 Å². The first-order valence-corrected chi connectivity index (χ1v) is 5.59. The molecule has 1 saturated carbocycles. The van der Waals surface area contributed by atoms with Gasteiger partial charge in [-0.3, -0.25) is 4.90 Å². The molecule has 1 fully saturated rings. The number of nitrogens with two attached hydrogens (primary N) is 1. The monoisotopic (exact) mass is 184 g/mol. The first-order valence-electron chi connectivity index (χ1n) is 5.59. The summed E-state index contributed by atoms with van der Waals surface area (Å²) >= 11 is 0. The van der Waals surface area contributed by atoms with Crippen molar-refractivity contribution in [1.29, 1.82) is 0 Å². The molecule has 1 aliphatic carbocycles. The van der Waals surface area contributed by atoms with E-state index in [9.17, 15) is 0 Å². The molecule has 0 aromatic heterocycles. The molecule has 2 heteroatoms. The summed E-state index contributed by atoms with van der Waals surface area (Å²) in [4.78, 5) is 2.57. The van der Waals surface area contributed by atoms with Crippen molar-refractivity contribution in [3.63, 3.8) is 0 Å². The Morgan fingerprint density at radius 1 is 1.31 bits per heavy atom. The average molecular weight is 184 g/mol. The van der Waals surface area contributed by atoms with Gasteiger partial charge in [0.05, 0.1) is 0 Å². The summed E-state index contributed by atoms with van der Waals surface area (Å²) < 4.78 is 0. The highest BCUT2D eigenvalue weighted by atomic mass is 15.2. The number of hydrogen-bond acceptors (Lipinski definition) is 2. The van der Waals surface area contributed by atoms with E-state index in [0.717, 1.165) is 18.5 Å². The van der Waals surface area contributed by atoms with Crippen LogP contribution in [0, 0.1) is 5.92 Å². The highest BCUT2D eigenvalue weighted by Gasteiger charge is 2.28. The zero-order valence-electron chi connectivity index (χ0n) is 9.29. The lowest BCUT2D eigenvalue weighted by molar-refractivity contribution is 0.237. The maximum absolute atomic E-state index is 5.82. The van der Waals surface area contributed by atoms with E-state index in [-0.39, 0.29) is 0 Å². The van der Waals surface area contributed by atoms with E-state index in [4.69, 9.17) is 5.73 Å². The van der Waals surface area contributed by atoms with Crippen molar-refractivity contribution in [3.8, 4) is 0 Å². The van der Waals surface area contributed by atoms with Gasteiger partial charge in [-0.2, -0.15) is 0 Å². The third kappa shape index (κ3) is 4.63. The van der Waals surface area contributed by atoms with Gasteiger partial charge in [-0.15, -0.1) is 0 Å². The van der Waals surface area contributed by atoms with E-state index in [1.54, 1.807) is 0 Å². The van der Waals surface area contributed by atoms with Crippen LogP contribution < -0.4 is 5.73 Å². The van der Waals surface area contributed by atoms with Crippen LogP contribution >= 0.6 is 0 Å². The van der Waals surface area contributed by atoms with Crippen LogP contribution in [-0.2, 0) is 0 Å². The topological polar surface area (TPSA) is 29.3 Å². The Morgan fingerprint density at radius 3 is 2.31 bits per heavy atom. The number of rotatable bonds is 6. The molecule has 0 bridgehead atoms. The fraction of sp³-hybridized carbons (Fsp3) is 1.00. The molecule has 0 heterocycles. The second-order valence-electron chi connectivity index (χ2n) is 4.89. The molecule has 78 valence electrons. The van der Waals surface area contributed by atoms with E-state index >= 15 is 0 Å².